The summed E-state index contributed by atoms with van der Waals surface area (Å²) in [6, 6.07) is 16.1. The molecule has 0 saturated carbocycles. The molecule has 2 N–H and O–H groups in total. The summed E-state index contributed by atoms with van der Waals surface area (Å²) >= 11 is 0. The van der Waals surface area contributed by atoms with Crippen molar-refractivity contribution in [3.63, 3.8) is 0 Å². The van der Waals surface area contributed by atoms with Gasteiger partial charge in [-0.1, -0.05) is 59.6 Å². The standard InChI is InChI=1S/C22H26N4O.ClH/c1-16-8-10-18(11-9-16)20(23)22-24-21(25-27-22)19-7-5-6-17(14-19)15-26-12-3-2-4-13-26;/h5-11,14,20H,2-4,12-13,15,23H2,1H3;1H. The first-order valence-electron chi connectivity index (χ1n) is 9.66. The Bertz CT molecular complexity index is 888. The molecule has 6 heteroatoms. The van der Waals surface area contributed by atoms with E-state index in [1.54, 1.807) is 0 Å². The lowest BCUT2D eigenvalue weighted by molar-refractivity contribution is 0.221. The van der Waals surface area contributed by atoms with Gasteiger partial charge in [0, 0.05) is 12.1 Å². The fourth-order valence-electron chi connectivity index (χ4n) is 3.58. The van der Waals surface area contributed by atoms with E-state index in [-0.39, 0.29) is 12.4 Å². The Morgan fingerprint density at radius 1 is 1.07 bits per heavy atom. The summed E-state index contributed by atoms with van der Waals surface area (Å²) in [6.45, 7) is 5.39. The Morgan fingerprint density at radius 2 is 1.82 bits per heavy atom. The van der Waals surface area contributed by atoms with Crippen molar-refractivity contribution in [2.24, 2.45) is 5.73 Å². The third-order valence-corrected chi connectivity index (χ3v) is 5.18. The average Bonchev–Trinajstić information content (AvgIpc) is 3.19. The van der Waals surface area contributed by atoms with Crippen LogP contribution in [0.25, 0.3) is 11.4 Å². The fourth-order valence-corrected chi connectivity index (χ4v) is 3.58. The van der Waals surface area contributed by atoms with Gasteiger partial charge in [0.2, 0.25) is 11.7 Å². The predicted molar refractivity (Wildman–Crippen MR) is 113 cm³/mol. The Morgan fingerprint density at radius 3 is 2.57 bits per heavy atom. The molecule has 1 atom stereocenters. The lowest BCUT2D eigenvalue weighted by Crippen LogP contribution is -2.29. The number of piperidine rings is 1. The number of benzene rings is 2. The number of nitrogens with zero attached hydrogens (tertiary/aromatic N) is 3. The molecule has 1 fully saturated rings. The van der Waals surface area contributed by atoms with Gasteiger partial charge in [0.1, 0.15) is 6.04 Å². The number of rotatable bonds is 5. The lowest BCUT2D eigenvalue weighted by atomic mass is 10.1. The third kappa shape index (κ3) is 4.79. The first-order valence-corrected chi connectivity index (χ1v) is 9.66. The van der Waals surface area contributed by atoms with Gasteiger partial charge >= 0.3 is 0 Å². The van der Waals surface area contributed by atoms with Gasteiger partial charge in [-0.25, -0.2) is 0 Å². The highest BCUT2D eigenvalue weighted by Gasteiger charge is 2.18. The molecular weight excluding hydrogens is 372 g/mol. The molecule has 3 aromatic rings. The SMILES string of the molecule is Cc1ccc(C(N)c2nc(-c3cccc(CN4CCCCC4)c3)no2)cc1.Cl. The smallest absolute Gasteiger partial charge is 0.248 e. The van der Waals surface area contributed by atoms with Crippen molar-refractivity contribution in [3.8, 4) is 11.4 Å². The van der Waals surface area contributed by atoms with Crippen molar-refractivity contribution < 1.29 is 4.52 Å². The van der Waals surface area contributed by atoms with Crippen LogP contribution in [0.5, 0.6) is 0 Å². The Labute approximate surface area is 172 Å². The van der Waals surface area contributed by atoms with Crippen molar-refractivity contribution in [2.75, 3.05) is 13.1 Å². The van der Waals surface area contributed by atoms with Gasteiger partial charge in [-0.2, -0.15) is 4.98 Å². The molecule has 148 valence electrons. The summed E-state index contributed by atoms with van der Waals surface area (Å²) in [5.41, 5.74) is 10.7. The van der Waals surface area contributed by atoms with E-state index in [0.717, 1.165) is 17.7 Å². The maximum Gasteiger partial charge on any atom is 0.248 e. The molecule has 1 aliphatic rings. The molecule has 1 unspecified atom stereocenters. The number of likely N-dealkylation sites (tertiary alicyclic amines) is 1. The summed E-state index contributed by atoms with van der Waals surface area (Å²) in [5, 5.41) is 4.16. The van der Waals surface area contributed by atoms with Gasteiger partial charge in [-0.15, -0.1) is 12.4 Å². The molecule has 1 aliphatic heterocycles. The first kappa shape index (κ1) is 20.5. The van der Waals surface area contributed by atoms with E-state index in [2.05, 4.69) is 40.2 Å². The number of aromatic nitrogens is 2. The summed E-state index contributed by atoms with van der Waals surface area (Å²) in [4.78, 5) is 7.06. The van der Waals surface area contributed by atoms with Gasteiger partial charge in [0.25, 0.3) is 0 Å². The van der Waals surface area contributed by atoms with Crippen molar-refractivity contribution in [3.05, 3.63) is 71.1 Å². The molecule has 1 saturated heterocycles. The average molecular weight is 399 g/mol. The Balaban J connectivity index is 0.00000225. The number of nitrogens with two attached hydrogens (primary N) is 1. The quantitative estimate of drug-likeness (QED) is 0.685. The van der Waals surface area contributed by atoms with Gasteiger partial charge in [-0.3, -0.25) is 4.90 Å². The van der Waals surface area contributed by atoms with Crippen LogP contribution in [0.15, 0.2) is 53.1 Å². The molecule has 28 heavy (non-hydrogen) atoms. The zero-order valence-electron chi connectivity index (χ0n) is 16.2. The maximum atomic E-state index is 6.31. The number of halogens is 1. The van der Waals surface area contributed by atoms with Gasteiger partial charge < -0.3 is 10.3 Å². The third-order valence-electron chi connectivity index (χ3n) is 5.18. The minimum atomic E-state index is -0.414. The van der Waals surface area contributed by atoms with Crippen molar-refractivity contribution in [1.82, 2.24) is 15.0 Å². The molecule has 2 heterocycles. The second-order valence-electron chi connectivity index (χ2n) is 7.38. The molecule has 0 aliphatic carbocycles. The highest BCUT2D eigenvalue weighted by Crippen LogP contribution is 2.23. The van der Waals surface area contributed by atoms with Crippen LogP contribution in [0.1, 0.15) is 47.9 Å². The van der Waals surface area contributed by atoms with Crippen LogP contribution >= 0.6 is 12.4 Å². The van der Waals surface area contributed by atoms with Crippen LogP contribution < -0.4 is 5.73 Å². The molecule has 0 bridgehead atoms. The second kappa shape index (κ2) is 9.32. The highest BCUT2D eigenvalue weighted by molar-refractivity contribution is 5.85. The molecule has 0 spiro atoms. The highest BCUT2D eigenvalue weighted by atomic mass is 35.5. The predicted octanol–water partition coefficient (Wildman–Crippen LogP) is 4.50. The van der Waals surface area contributed by atoms with Crippen LogP contribution in [-0.4, -0.2) is 28.1 Å². The van der Waals surface area contributed by atoms with E-state index in [9.17, 15) is 0 Å². The van der Waals surface area contributed by atoms with Crippen LogP contribution in [-0.2, 0) is 6.54 Å². The number of aryl methyl sites for hydroxylation is 1. The normalized spacial score (nSPS) is 15.8. The molecule has 5 nitrogen and oxygen atoms in total. The number of hydrogen-bond acceptors (Lipinski definition) is 5. The molecular formula is C22H27ClN4O. The van der Waals surface area contributed by atoms with Crippen molar-refractivity contribution in [1.29, 1.82) is 0 Å². The van der Waals surface area contributed by atoms with E-state index in [1.807, 2.05) is 30.3 Å². The van der Waals surface area contributed by atoms with Gasteiger partial charge in [-0.05, 0) is 50.0 Å². The minimum absolute atomic E-state index is 0. The van der Waals surface area contributed by atoms with Crippen molar-refractivity contribution >= 4 is 12.4 Å². The summed E-state index contributed by atoms with van der Waals surface area (Å²) in [6.07, 6.45) is 3.94. The summed E-state index contributed by atoms with van der Waals surface area (Å²) < 4.78 is 5.46. The molecule has 1 aromatic heterocycles. The van der Waals surface area contributed by atoms with Gasteiger partial charge in [0.15, 0.2) is 0 Å². The molecule has 4 rings (SSSR count). The van der Waals surface area contributed by atoms with Crippen LogP contribution in [0.4, 0.5) is 0 Å². The van der Waals surface area contributed by atoms with E-state index in [4.69, 9.17) is 10.3 Å². The first-order chi connectivity index (χ1) is 13.2. The Hall–Kier alpha value is -2.21. The van der Waals surface area contributed by atoms with E-state index < -0.39 is 6.04 Å². The summed E-state index contributed by atoms with van der Waals surface area (Å²) in [7, 11) is 0. The monoisotopic (exact) mass is 398 g/mol. The topological polar surface area (TPSA) is 68.2 Å². The van der Waals surface area contributed by atoms with Crippen LogP contribution in [0.2, 0.25) is 0 Å². The fraction of sp³-hybridized carbons (Fsp3) is 0.364. The van der Waals surface area contributed by atoms with Crippen LogP contribution in [0.3, 0.4) is 0 Å². The van der Waals surface area contributed by atoms with Crippen LogP contribution in [0, 0.1) is 6.92 Å². The van der Waals surface area contributed by atoms with E-state index in [0.29, 0.717) is 11.7 Å². The Kier molecular flexibility index (Phi) is 6.83. The minimum Gasteiger partial charge on any atom is -0.337 e. The summed E-state index contributed by atoms with van der Waals surface area (Å²) in [5.74, 6) is 1.03. The molecule has 0 radical (unpaired) electrons. The molecule has 0 amide bonds. The lowest BCUT2D eigenvalue weighted by Gasteiger charge is -2.26. The van der Waals surface area contributed by atoms with E-state index in [1.165, 1.54) is 43.5 Å². The second-order valence-corrected chi connectivity index (χ2v) is 7.38. The maximum absolute atomic E-state index is 6.31. The largest absolute Gasteiger partial charge is 0.337 e. The zero-order chi connectivity index (χ0) is 18.6. The van der Waals surface area contributed by atoms with E-state index >= 15 is 0 Å². The van der Waals surface area contributed by atoms with Gasteiger partial charge in [0.05, 0.1) is 0 Å². The molecule has 2 aromatic carbocycles. The number of hydrogen-bond donors (Lipinski definition) is 1. The zero-order valence-corrected chi connectivity index (χ0v) is 17.0. The van der Waals surface area contributed by atoms with Crippen molar-refractivity contribution in [2.45, 2.75) is 38.8 Å².